The Kier molecular flexibility index (Phi) is 2.45. The summed E-state index contributed by atoms with van der Waals surface area (Å²) < 4.78 is 5.63. The fraction of sp³-hybridized carbons (Fsp3) is 0.786. The van der Waals surface area contributed by atoms with Crippen LogP contribution >= 0.6 is 0 Å². The number of hydrogen-bond donors (Lipinski definition) is 0. The van der Waals surface area contributed by atoms with Gasteiger partial charge in [-0.2, -0.15) is 0 Å². The van der Waals surface area contributed by atoms with Gasteiger partial charge in [0.05, 0.1) is 0 Å². The number of hydrogen-bond acceptors (Lipinski definition) is 2. The van der Waals surface area contributed by atoms with Crippen molar-refractivity contribution in [1.29, 1.82) is 0 Å². The summed E-state index contributed by atoms with van der Waals surface area (Å²) in [7, 11) is 0. The molecule has 2 fully saturated rings. The van der Waals surface area contributed by atoms with E-state index in [4.69, 9.17) is 4.74 Å². The second kappa shape index (κ2) is 3.35. The van der Waals surface area contributed by atoms with Crippen LogP contribution < -0.4 is 0 Å². The molecule has 3 atom stereocenters. The molecule has 2 heteroatoms. The van der Waals surface area contributed by atoms with Gasteiger partial charge in [0.1, 0.15) is 5.60 Å². The van der Waals surface area contributed by atoms with Crippen LogP contribution in [0.1, 0.15) is 47.5 Å². The molecule has 2 aliphatic rings. The molecule has 2 nitrogen and oxygen atoms in total. The smallest absolute Gasteiger partial charge is 0.303 e. The summed E-state index contributed by atoms with van der Waals surface area (Å²) in [4.78, 5) is 11.2. The molecule has 0 aromatic heterocycles. The Morgan fingerprint density at radius 3 is 2.25 bits per heavy atom. The maximum absolute atomic E-state index is 11.2. The summed E-state index contributed by atoms with van der Waals surface area (Å²) in [5, 5.41) is 0. The minimum Gasteiger partial charge on any atom is -0.458 e. The fourth-order valence-corrected chi connectivity index (χ4v) is 3.11. The lowest BCUT2D eigenvalue weighted by Crippen LogP contribution is -2.27. The Balaban J connectivity index is 2.08. The molecule has 2 aliphatic carbocycles. The van der Waals surface area contributed by atoms with Crippen molar-refractivity contribution in [2.24, 2.45) is 17.3 Å². The highest BCUT2D eigenvalue weighted by Crippen LogP contribution is 2.70. The number of esters is 1. The Morgan fingerprint density at radius 2 is 1.88 bits per heavy atom. The van der Waals surface area contributed by atoms with Crippen molar-refractivity contribution in [3.63, 3.8) is 0 Å². The Morgan fingerprint density at radius 1 is 1.31 bits per heavy atom. The van der Waals surface area contributed by atoms with Crippen LogP contribution in [0.15, 0.2) is 11.6 Å². The summed E-state index contributed by atoms with van der Waals surface area (Å²) in [5.74, 6) is 1.06. The molecule has 0 heterocycles. The van der Waals surface area contributed by atoms with E-state index < -0.39 is 0 Å². The van der Waals surface area contributed by atoms with E-state index in [1.807, 2.05) is 0 Å². The van der Waals surface area contributed by atoms with E-state index in [2.05, 4.69) is 33.8 Å². The predicted octanol–water partition coefficient (Wildman–Crippen LogP) is 3.32. The van der Waals surface area contributed by atoms with Crippen molar-refractivity contribution in [2.45, 2.75) is 53.1 Å². The molecular formula is C14H22O2. The minimum atomic E-state index is -0.157. The molecule has 2 saturated carbocycles. The predicted molar refractivity (Wildman–Crippen MR) is 63.9 cm³/mol. The van der Waals surface area contributed by atoms with Gasteiger partial charge in [-0.05, 0) is 32.6 Å². The van der Waals surface area contributed by atoms with E-state index in [1.165, 1.54) is 18.9 Å². The standard InChI is InChI=1S/C14H22O2/c1-9(2)6-11-7-12(11)14(16-10(3)15)8-13(14,4)5/h6,11-12H,7-8H2,1-5H3. The first-order valence-electron chi connectivity index (χ1n) is 6.13. The van der Waals surface area contributed by atoms with E-state index in [1.54, 1.807) is 0 Å². The summed E-state index contributed by atoms with van der Waals surface area (Å²) in [6.45, 7) is 10.2. The van der Waals surface area contributed by atoms with Crippen LogP contribution in [0.5, 0.6) is 0 Å². The van der Waals surface area contributed by atoms with Crippen LogP contribution in [0.25, 0.3) is 0 Å². The van der Waals surface area contributed by atoms with Gasteiger partial charge in [-0.25, -0.2) is 0 Å². The van der Waals surface area contributed by atoms with Gasteiger partial charge in [-0.15, -0.1) is 0 Å². The van der Waals surface area contributed by atoms with Crippen molar-refractivity contribution in [3.05, 3.63) is 11.6 Å². The zero-order valence-electron chi connectivity index (χ0n) is 11.0. The monoisotopic (exact) mass is 222 g/mol. The molecule has 0 aromatic carbocycles. The molecule has 0 bridgehead atoms. The SMILES string of the molecule is CC(=O)OC1(C2CC2C=C(C)C)CC1(C)C. The van der Waals surface area contributed by atoms with Gasteiger partial charge >= 0.3 is 5.97 Å². The van der Waals surface area contributed by atoms with Crippen molar-refractivity contribution in [1.82, 2.24) is 0 Å². The summed E-state index contributed by atoms with van der Waals surface area (Å²) in [5.41, 5.74) is 1.38. The highest BCUT2D eigenvalue weighted by molar-refractivity contribution is 5.67. The van der Waals surface area contributed by atoms with Gasteiger partial charge < -0.3 is 4.74 Å². The lowest BCUT2D eigenvalue weighted by Gasteiger charge is -2.20. The van der Waals surface area contributed by atoms with Crippen molar-refractivity contribution in [3.8, 4) is 0 Å². The third-order valence-corrected chi connectivity index (χ3v) is 4.04. The second-order valence-electron chi connectivity index (χ2n) is 6.29. The minimum absolute atomic E-state index is 0.131. The molecule has 0 amide bonds. The van der Waals surface area contributed by atoms with E-state index in [0.29, 0.717) is 11.8 Å². The molecule has 2 rings (SSSR count). The first-order chi connectivity index (χ1) is 7.28. The van der Waals surface area contributed by atoms with E-state index in [0.717, 1.165) is 6.42 Å². The summed E-state index contributed by atoms with van der Waals surface area (Å²) >= 11 is 0. The highest BCUT2D eigenvalue weighted by atomic mass is 16.6. The van der Waals surface area contributed by atoms with E-state index >= 15 is 0 Å². The van der Waals surface area contributed by atoms with Crippen molar-refractivity contribution >= 4 is 5.97 Å². The van der Waals surface area contributed by atoms with Crippen molar-refractivity contribution < 1.29 is 9.53 Å². The molecular weight excluding hydrogens is 200 g/mol. The van der Waals surface area contributed by atoms with Gasteiger partial charge in [0.25, 0.3) is 0 Å². The third kappa shape index (κ3) is 1.79. The first-order valence-corrected chi connectivity index (χ1v) is 6.13. The average Bonchev–Trinajstić information content (AvgIpc) is 2.89. The van der Waals surface area contributed by atoms with Crippen LogP contribution in [0.2, 0.25) is 0 Å². The Labute approximate surface area is 98.1 Å². The zero-order valence-corrected chi connectivity index (χ0v) is 11.0. The topological polar surface area (TPSA) is 26.3 Å². The molecule has 16 heavy (non-hydrogen) atoms. The van der Waals surface area contributed by atoms with Gasteiger partial charge in [0.2, 0.25) is 0 Å². The van der Waals surface area contributed by atoms with Crippen molar-refractivity contribution in [2.75, 3.05) is 0 Å². The molecule has 0 aliphatic heterocycles. The van der Waals surface area contributed by atoms with Gasteiger partial charge in [-0.1, -0.05) is 25.5 Å². The van der Waals surface area contributed by atoms with E-state index in [9.17, 15) is 4.79 Å². The van der Waals surface area contributed by atoms with Crippen LogP contribution in [-0.4, -0.2) is 11.6 Å². The largest absolute Gasteiger partial charge is 0.458 e. The van der Waals surface area contributed by atoms with Crippen LogP contribution in [0.3, 0.4) is 0 Å². The molecule has 3 unspecified atom stereocenters. The molecule has 0 saturated heterocycles. The number of ether oxygens (including phenoxy) is 1. The van der Waals surface area contributed by atoms with Gasteiger partial charge in [-0.3, -0.25) is 4.79 Å². The lowest BCUT2D eigenvalue weighted by atomic mass is 10.0. The molecule has 0 spiro atoms. The summed E-state index contributed by atoms with van der Waals surface area (Å²) in [6, 6.07) is 0. The zero-order chi connectivity index (χ0) is 12.1. The number of allylic oxidation sites excluding steroid dienone is 2. The number of carbonyl (C=O) groups is 1. The molecule has 90 valence electrons. The maximum Gasteiger partial charge on any atom is 0.303 e. The Bertz CT molecular complexity index is 350. The van der Waals surface area contributed by atoms with E-state index in [-0.39, 0.29) is 17.0 Å². The van der Waals surface area contributed by atoms with Gasteiger partial charge in [0.15, 0.2) is 0 Å². The van der Waals surface area contributed by atoms with Gasteiger partial charge in [0, 0.05) is 18.3 Å². The summed E-state index contributed by atoms with van der Waals surface area (Å²) in [6.07, 6.45) is 4.53. The third-order valence-electron chi connectivity index (χ3n) is 4.04. The molecule has 0 aromatic rings. The maximum atomic E-state index is 11.2. The fourth-order valence-electron chi connectivity index (χ4n) is 3.11. The quantitative estimate of drug-likeness (QED) is 0.541. The van der Waals surface area contributed by atoms with Crippen LogP contribution in [0.4, 0.5) is 0 Å². The normalized spacial score (nSPS) is 38.8. The lowest BCUT2D eigenvalue weighted by molar-refractivity contribution is -0.152. The molecule has 0 radical (unpaired) electrons. The van der Waals surface area contributed by atoms with Crippen LogP contribution in [-0.2, 0) is 9.53 Å². The first kappa shape index (κ1) is 11.7. The number of rotatable bonds is 3. The second-order valence-corrected chi connectivity index (χ2v) is 6.29. The Hall–Kier alpha value is -0.790. The van der Waals surface area contributed by atoms with Crippen LogP contribution in [0, 0.1) is 17.3 Å². The highest BCUT2D eigenvalue weighted by Gasteiger charge is 2.73. The molecule has 0 N–H and O–H groups in total. The average molecular weight is 222 g/mol. The number of carbonyl (C=O) groups excluding carboxylic acids is 1.